The number of nitro groups is 1. The van der Waals surface area contributed by atoms with E-state index < -0.39 is 0 Å². The van der Waals surface area contributed by atoms with Crippen LogP contribution < -0.4 is 0 Å². The van der Waals surface area contributed by atoms with Gasteiger partial charge in [-0.25, -0.2) is 0 Å². The van der Waals surface area contributed by atoms with E-state index in [1.165, 1.54) is 0 Å². The van der Waals surface area contributed by atoms with Crippen LogP contribution in [0.4, 0.5) is 0 Å². The Morgan fingerprint density at radius 3 is 2.60 bits per heavy atom. The molecule has 0 aliphatic heterocycles. The Morgan fingerprint density at radius 1 is 1.40 bits per heavy atom. The summed E-state index contributed by atoms with van der Waals surface area (Å²) >= 11 is 0. The Balaban J connectivity index is 2.93. The number of allylic oxidation sites excluding steroid dienone is 3. The maximum absolute atomic E-state index is 10.8. The summed E-state index contributed by atoms with van der Waals surface area (Å²) in [6, 6.07) is 8.91. The van der Waals surface area contributed by atoms with Crippen LogP contribution in [0.3, 0.4) is 0 Å². The zero-order chi connectivity index (χ0) is 11.1. The first kappa shape index (κ1) is 11.2. The molecule has 78 valence electrons. The molecule has 0 saturated carbocycles. The molecule has 0 radical (unpaired) electrons. The van der Waals surface area contributed by atoms with E-state index in [4.69, 9.17) is 0 Å². The van der Waals surface area contributed by atoms with Crippen molar-refractivity contribution in [2.45, 2.75) is 13.3 Å². The molecule has 0 aliphatic carbocycles. The fourth-order valence-corrected chi connectivity index (χ4v) is 1.22. The zero-order valence-electron chi connectivity index (χ0n) is 8.59. The zero-order valence-corrected chi connectivity index (χ0v) is 8.59. The number of rotatable bonds is 4. The predicted octanol–water partition coefficient (Wildman–Crippen LogP) is 3.27. The van der Waals surface area contributed by atoms with Gasteiger partial charge < -0.3 is 0 Å². The van der Waals surface area contributed by atoms with Crippen LogP contribution in [-0.2, 0) is 0 Å². The van der Waals surface area contributed by atoms with Gasteiger partial charge in [-0.3, -0.25) is 10.1 Å². The molecule has 1 aromatic rings. The van der Waals surface area contributed by atoms with E-state index in [9.17, 15) is 10.1 Å². The monoisotopic (exact) mass is 203 g/mol. The first-order valence-corrected chi connectivity index (χ1v) is 4.77. The molecule has 0 atom stereocenters. The van der Waals surface area contributed by atoms with E-state index in [-0.39, 0.29) is 10.6 Å². The minimum absolute atomic E-state index is 0.161. The van der Waals surface area contributed by atoms with E-state index in [0.717, 1.165) is 0 Å². The van der Waals surface area contributed by atoms with Gasteiger partial charge in [0.05, 0.1) is 10.5 Å². The molecule has 1 rings (SSSR count). The van der Waals surface area contributed by atoms with Gasteiger partial charge in [0.1, 0.15) is 0 Å². The van der Waals surface area contributed by atoms with E-state index in [1.807, 2.05) is 25.1 Å². The highest BCUT2D eigenvalue weighted by molar-refractivity contribution is 5.58. The molecule has 0 saturated heterocycles. The Morgan fingerprint density at radius 2 is 2.07 bits per heavy atom. The average molecular weight is 203 g/mol. The van der Waals surface area contributed by atoms with Crippen molar-refractivity contribution in [2.24, 2.45) is 0 Å². The topological polar surface area (TPSA) is 43.1 Å². The summed E-state index contributed by atoms with van der Waals surface area (Å²) in [4.78, 5) is 10.5. The van der Waals surface area contributed by atoms with Crippen molar-refractivity contribution in [3.63, 3.8) is 0 Å². The third-order valence-electron chi connectivity index (χ3n) is 1.95. The summed E-state index contributed by atoms with van der Waals surface area (Å²) in [6.07, 6.45) is 5.96. The van der Waals surface area contributed by atoms with Gasteiger partial charge >= 0.3 is 0 Å². The second-order valence-electron chi connectivity index (χ2n) is 3.02. The molecule has 3 nitrogen and oxygen atoms in total. The van der Waals surface area contributed by atoms with Gasteiger partial charge in [-0.15, -0.1) is 0 Å². The molecule has 0 fully saturated rings. The molecule has 0 amide bonds. The Bertz CT molecular complexity index is 380. The van der Waals surface area contributed by atoms with Crippen LogP contribution in [-0.4, -0.2) is 4.92 Å². The highest BCUT2D eigenvalue weighted by Crippen LogP contribution is 2.15. The summed E-state index contributed by atoms with van der Waals surface area (Å²) in [5, 5.41) is 10.8. The van der Waals surface area contributed by atoms with Crippen molar-refractivity contribution in [3.8, 4) is 0 Å². The lowest BCUT2D eigenvalue weighted by Gasteiger charge is -1.97. The molecular formula is C12H13NO2. The number of nitrogens with zero attached hydrogens (tertiary/aromatic N) is 1. The van der Waals surface area contributed by atoms with Crippen molar-refractivity contribution < 1.29 is 4.92 Å². The van der Waals surface area contributed by atoms with Gasteiger partial charge in [-0.1, -0.05) is 30.4 Å². The fourth-order valence-electron chi connectivity index (χ4n) is 1.22. The van der Waals surface area contributed by atoms with Crippen LogP contribution in [0.25, 0.3) is 5.70 Å². The van der Waals surface area contributed by atoms with E-state index in [1.54, 1.807) is 30.3 Å². The lowest BCUT2D eigenvalue weighted by Crippen LogP contribution is -1.97. The van der Waals surface area contributed by atoms with Crippen LogP contribution in [0.1, 0.15) is 18.9 Å². The van der Waals surface area contributed by atoms with Crippen molar-refractivity contribution >= 4 is 5.70 Å². The number of hydrogen-bond acceptors (Lipinski definition) is 2. The van der Waals surface area contributed by atoms with Crippen LogP contribution in [0.5, 0.6) is 0 Å². The van der Waals surface area contributed by atoms with Gasteiger partial charge in [0, 0.05) is 0 Å². The Kier molecular flexibility index (Phi) is 4.29. The smallest absolute Gasteiger partial charge is 0.258 e. The second-order valence-corrected chi connectivity index (χ2v) is 3.02. The summed E-state index contributed by atoms with van der Waals surface area (Å²) in [7, 11) is 0. The average Bonchev–Trinajstić information content (AvgIpc) is 2.25. The van der Waals surface area contributed by atoms with Gasteiger partial charge in [-0.05, 0) is 31.6 Å². The van der Waals surface area contributed by atoms with E-state index in [2.05, 4.69) is 0 Å². The highest BCUT2D eigenvalue weighted by atomic mass is 16.6. The van der Waals surface area contributed by atoms with Crippen molar-refractivity contribution in [1.29, 1.82) is 0 Å². The van der Waals surface area contributed by atoms with Crippen molar-refractivity contribution in [2.75, 3.05) is 0 Å². The normalized spacial score (nSPS) is 11.9. The Hall–Kier alpha value is -1.90. The van der Waals surface area contributed by atoms with Crippen LogP contribution in [0.15, 0.2) is 48.6 Å². The molecule has 0 unspecified atom stereocenters. The van der Waals surface area contributed by atoms with Crippen LogP contribution >= 0.6 is 0 Å². The molecule has 3 heteroatoms. The largest absolute Gasteiger partial charge is 0.272 e. The van der Waals surface area contributed by atoms with Gasteiger partial charge in [-0.2, -0.15) is 0 Å². The van der Waals surface area contributed by atoms with E-state index >= 15 is 0 Å². The summed E-state index contributed by atoms with van der Waals surface area (Å²) in [5.41, 5.74) is 0.806. The van der Waals surface area contributed by atoms with Crippen LogP contribution in [0, 0.1) is 10.1 Å². The van der Waals surface area contributed by atoms with Crippen molar-refractivity contribution in [3.05, 3.63) is 64.2 Å². The molecule has 0 heterocycles. The standard InChI is InChI=1S/C12H13NO2/c1-2-3-5-10-12(13(14)15)11-8-6-4-7-9-11/h2-4,6-10H,5H2,1H3/b3-2?,12-10-. The third kappa shape index (κ3) is 3.38. The third-order valence-corrected chi connectivity index (χ3v) is 1.95. The SMILES string of the molecule is CC=CC/C=C(/c1ccccc1)[N+](=O)[O-]. The van der Waals surface area contributed by atoms with Gasteiger partial charge in [0.25, 0.3) is 5.70 Å². The second kappa shape index (κ2) is 5.75. The fraction of sp³-hybridized carbons (Fsp3) is 0.167. The first-order valence-electron chi connectivity index (χ1n) is 4.77. The maximum Gasteiger partial charge on any atom is 0.272 e. The number of benzene rings is 1. The predicted molar refractivity (Wildman–Crippen MR) is 60.8 cm³/mol. The molecule has 0 N–H and O–H groups in total. The van der Waals surface area contributed by atoms with Gasteiger partial charge in [0.15, 0.2) is 0 Å². The molecule has 0 aromatic heterocycles. The molecule has 0 bridgehead atoms. The highest BCUT2D eigenvalue weighted by Gasteiger charge is 2.11. The molecule has 0 spiro atoms. The summed E-state index contributed by atoms with van der Waals surface area (Å²) in [6.45, 7) is 1.89. The summed E-state index contributed by atoms with van der Waals surface area (Å²) < 4.78 is 0. The lowest BCUT2D eigenvalue weighted by atomic mass is 10.1. The molecule has 0 aliphatic rings. The minimum Gasteiger partial charge on any atom is -0.258 e. The molecule has 15 heavy (non-hydrogen) atoms. The lowest BCUT2D eigenvalue weighted by molar-refractivity contribution is -0.375. The summed E-state index contributed by atoms with van der Waals surface area (Å²) in [5.74, 6) is 0. The van der Waals surface area contributed by atoms with Gasteiger partial charge in [0.2, 0.25) is 0 Å². The minimum atomic E-state index is -0.348. The Labute approximate surface area is 88.9 Å². The quantitative estimate of drug-likeness (QED) is 0.428. The first-order chi connectivity index (χ1) is 7.25. The van der Waals surface area contributed by atoms with Crippen LogP contribution in [0.2, 0.25) is 0 Å². The molecular weight excluding hydrogens is 190 g/mol. The molecule has 1 aromatic carbocycles. The van der Waals surface area contributed by atoms with Crippen molar-refractivity contribution in [1.82, 2.24) is 0 Å². The maximum atomic E-state index is 10.8. The van der Waals surface area contributed by atoms with E-state index in [0.29, 0.717) is 12.0 Å². The number of hydrogen-bond donors (Lipinski definition) is 0.